The fourth-order valence-electron chi connectivity index (χ4n) is 2.89. The average molecular weight is 289 g/mol. The van der Waals surface area contributed by atoms with Gasteiger partial charge in [-0.25, -0.2) is 0 Å². The van der Waals surface area contributed by atoms with Gasteiger partial charge >= 0.3 is 0 Å². The second-order valence-electron chi connectivity index (χ2n) is 5.66. The van der Waals surface area contributed by atoms with Crippen LogP contribution >= 0.6 is 12.4 Å². The van der Waals surface area contributed by atoms with Crippen LogP contribution in [-0.4, -0.2) is 48.2 Å². The minimum atomic E-state index is -0.401. The monoisotopic (exact) mass is 288 g/mol. The third-order valence-corrected chi connectivity index (χ3v) is 4.12. The van der Waals surface area contributed by atoms with Crippen molar-refractivity contribution in [3.8, 4) is 0 Å². The van der Waals surface area contributed by atoms with Crippen LogP contribution in [-0.2, 0) is 4.79 Å². The maximum atomic E-state index is 11.4. The van der Waals surface area contributed by atoms with E-state index in [0.29, 0.717) is 5.92 Å². The molecule has 1 saturated heterocycles. The summed E-state index contributed by atoms with van der Waals surface area (Å²) in [6.45, 7) is 6.79. The van der Waals surface area contributed by atoms with Crippen molar-refractivity contribution < 1.29 is 9.90 Å². The molecule has 2 aliphatic rings. The summed E-state index contributed by atoms with van der Waals surface area (Å²) in [6.07, 6.45) is 4.74. The van der Waals surface area contributed by atoms with E-state index in [1.165, 1.54) is 18.4 Å². The Kier molecular flexibility index (Phi) is 6.30. The molecular formula is C14H25ClN2O2. The molecule has 0 aromatic rings. The van der Waals surface area contributed by atoms with E-state index in [-0.39, 0.29) is 24.4 Å². The molecule has 0 bridgehead atoms. The number of rotatable bonds is 5. The Morgan fingerprint density at radius 3 is 2.63 bits per heavy atom. The van der Waals surface area contributed by atoms with Gasteiger partial charge in [0.2, 0.25) is 5.91 Å². The van der Waals surface area contributed by atoms with Crippen molar-refractivity contribution in [1.29, 1.82) is 0 Å². The quantitative estimate of drug-likeness (QED) is 0.748. The molecule has 1 aliphatic carbocycles. The molecule has 1 heterocycles. The number of likely N-dealkylation sites (tertiary alicyclic amines) is 1. The van der Waals surface area contributed by atoms with Crippen molar-refractivity contribution in [2.75, 3.05) is 26.2 Å². The van der Waals surface area contributed by atoms with Gasteiger partial charge in [-0.3, -0.25) is 9.69 Å². The summed E-state index contributed by atoms with van der Waals surface area (Å²) < 4.78 is 0. The van der Waals surface area contributed by atoms with Crippen LogP contribution in [0.5, 0.6) is 0 Å². The van der Waals surface area contributed by atoms with Crippen molar-refractivity contribution in [3.05, 3.63) is 11.6 Å². The first kappa shape index (κ1) is 16.5. The molecule has 0 aromatic carbocycles. The lowest BCUT2D eigenvalue weighted by Crippen LogP contribution is -2.42. The van der Waals surface area contributed by atoms with Crippen LogP contribution < -0.4 is 5.32 Å². The summed E-state index contributed by atoms with van der Waals surface area (Å²) in [6, 6.07) is 0.224. The maximum absolute atomic E-state index is 11.4. The Bertz CT molecular complexity index is 342. The largest absolute Gasteiger partial charge is 0.387 e. The Morgan fingerprint density at radius 1 is 1.42 bits per heavy atom. The maximum Gasteiger partial charge on any atom is 0.245 e. The first-order chi connectivity index (χ1) is 8.63. The van der Waals surface area contributed by atoms with Crippen LogP contribution in [0.25, 0.3) is 0 Å². The van der Waals surface area contributed by atoms with Crippen LogP contribution in [0.2, 0.25) is 0 Å². The number of nitrogens with one attached hydrogen (secondary N) is 1. The van der Waals surface area contributed by atoms with Crippen molar-refractivity contribution in [3.63, 3.8) is 0 Å². The summed E-state index contributed by atoms with van der Waals surface area (Å²) in [4.78, 5) is 13.8. The molecule has 0 unspecified atom stereocenters. The molecule has 5 heteroatoms. The van der Waals surface area contributed by atoms with E-state index in [1.807, 2.05) is 0 Å². The highest BCUT2D eigenvalue weighted by atomic mass is 35.5. The number of hydrogen-bond acceptors (Lipinski definition) is 3. The molecule has 1 aliphatic heterocycles. The highest BCUT2D eigenvalue weighted by Crippen LogP contribution is 2.41. The van der Waals surface area contributed by atoms with Gasteiger partial charge in [0, 0.05) is 25.7 Å². The molecule has 1 amide bonds. The van der Waals surface area contributed by atoms with Gasteiger partial charge < -0.3 is 10.4 Å². The number of hydrogen-bond donors (Lipinski definition) is 2. The van der Waals surface area contributed by atoms with Crippen molar-refractivity contribution in [2.45, 2.75) is 32.7 Å². The molecule has 2 atom stereocenters. The Morgan fingerprint density at radius 2 is 2.11 bits per heavy atom. The number of amides is 1. The van der Waals surface area contributed by atoms with Crippen molar-refractivity contribution in [1.82, 2.24) is 10.2 Å². The van der Waals surface area contributed by atoms with Gasteiger partial charge in [0.05, 0.1) is 0 Å². The topological polar surface area (TPSA) is 52.6 Å². The van der Waals surface area contributed by atoms with E-state index in [4.69, 9.17) is 5.11 Å². The van der Waals surface area contributed by atoms with Crippen LogP contribution in [0.3, 0.4) is 0 Å². The molecule has 19 heavy (non-hydrogen) atoms. The van der Waals surface area contributed by atoms with E-state index >= 15 is 0 Å². The lowest BCUT2D eigenvalue weighted by Gasteiger charge is -2.18. The average Bonchev–Trinajstić information content (AvgIpc) is 3.13. The Hall–Kier alpha value is -0.580. The van der Waals surface area contributed by atoms with Crippen molar-refractivity contribution in [2.24, 2.45) is 11.8 Å². The standard InChI is InChI=1S/C14H24N2O2.ClH/c1-3-10(2)6-16-7-12(11-4-5-11)13(8-16)15-14(18)9-17;/h3,11-13,17H,4-9H2,1-2H3,(H,15,18);1H/t12-,13+;/m1./s1. The van der Waals surface area contributed by atoms with Crippen LogP contribution in [0, 0.1) is 11.8 Å². The van der Waals surface area contributed by atoms with Gasteiger partial charge in [0.1, 0.15) is 6.61 Å². The number of carbonyl (C=O) groups is 1. The zero-order chi connectivity index (χ0) is 13.1. The minimum Gasteiger partial charge on any atom is -0.387 e. The predicted molar refractivity (Wildman–Crippen MR) is 78.3 cm³/mol. The summed E-state index contributed by atoms with van der Waals surface area (Å²) in [5.41, 5.74) is 1.37. The second kappa shape index (κ2) is 7.27. The molecule has 2 rings (SSSR count). The fourth-order valence-corrected chi connectivity index (χ4v) is 2.89. The van der Waals surface area contributed by atoms with Gasteiger partial charge in [-0.2, -0.15) is 0 Å². The molecule has 0 radical (unpaired) electrons. The van der Waals surface area contributed by atoms with E-state index in [9.17, 15) is 4.79 Å². The molecule has 110 valence electrons. The number of aliphatic hydroxyl groups excluding tert-OH is 1. The molecule has 4 nitrogen and oxygen atoms in total. The van der Waals surface area contributed by atoms with E-state index in [1.54, 1.807) is 0 Å². The van der Waals surface area contributed by atoms with Gasteiger partial charge in [0.15, 0.2) is 0 Å². The number of halogens is 1. The van der Waals surface area contributed by atoms with Gasteiger partial charge in [-0.15, -0.1) is 12.4 Å². The predicted octanol–water partition coefficient (Wildman–Crippen LogP) is 1.19. The Balaban J connectivity index is 0.00000180. The highest BCUT2D eigenvalue weighted by Gasteiger charge is 2.42. The second-order valence-corrected chi connectivity index (χ2v) is 5.66. The first-order valence-corrected chi connectivity index (χ1v) is 6.88. The van der Waals surface area contributed by atoms with E-state index in [2.05, 4.69) is 30.1 Å². The molecule has 1 saturated carbocycles. The van der Waals surface area contributed by atoms with Crippen LogP contribution in [0.1, 0.15) is 26.7 Å². The third-order valence-electron chi connectivity index (χ3n) is 4.12. The highest BCUT2D eigenvalue weighted by molar-refractivity contribution is 5.85. The molecule has 0 aromatic heterocycles. The zero-order valence-corrected chi connectivity index (χ0v) is 12.6. The third kappa shape index (κ3) is 4.48. The van der Waals surface area contributed by atoms with E-state index in [0.717, 1.165) is 25.6 Å². The molecule has 0 spiro atoms. The van der Waals surface area contributed by atoms with Crippen LogP contribution in [0.15, 0.2) is 11.6 Å². The fraction of sp³-hybridized carbons (Fsp3) is 0.786. The van der Waals surface area contributed by atoms with Gasteiger partial charge in [-0.05, 0) is 38.5 Å². The zero-order valence-electron chi connectivity index (χ0n) is 11.8. The lowest BCUT2D eigenvalue weighted by atomic mass is 9.98. The molecular weight excluding hydrogens is 264 g/mol. The number of carbonyl (C=O) groups excluding carboxylic acids is 1. The normalized spacial score (nSPS) is 28.1. The summed E-state index contributed by atoms with van der Waals surface area (Å²) in [5.74, 6) is 1.12. The Labute approximate surface area is 121 Å². The van der Waals surface area contributed by atoms with Crippen molar-refractivity contribution >= 4 is 18.3 Å². The summed E-state index contributed by atoms with van der Waals surface area (Å²) in [7, 11) is 0. The molecule has 2 fully saturated rings. The van der Waals surface area contributed by atoms with Crippen LogP contribution in [0.4, 0.5) is 0 Å². The van der Waals surface area contributed by atoms with E-state index < -0.39 is 6.61 Å². The molecule has 2 N–H and O–H groups in total. The minimum absolute atomic E-state index is 0. The summed E-state index contributed by atoms with van der Waals surface area (Å²) >= 11 is 0. The van der Waals surface area contributed by atoms with Gasteiger partial charge in [-0.1, -0.05) is 11.6 Å². The number of aliphatic hydroxyl groups is 1. The SMILES string of the molecule is CC=C(C)CN1C[C@H](NC(=O)CO)[C@@H](C2CC2)C1.Cl. The first-order valence-electron chi connectivity index (χ1n) is 6.88. The van der Waals surface area contributed by atoms with Gasteiger partial charge in [0.25, 0.3) is 0 Å². The summed E-state index contributed by atoms with van der Waals surface area (Å²) in [5, 5.41) is 11.8. The smallest absolute Gasteiger partial charge is 0.245 e. The lowest BCUT2D eigenvalue weighted by molar-refractivity contribution is -0.124. The number of allylic oxidation sites excluding steroid dienone is 1. The number of nitrogens with zero attached hydrogens (tertiary/aromatic N) is 1.